The molecule has 0 saturated carbocycles. The highest BCUT2D eigenvalue weighted by atomic mass is 16.5. The Morgan fingerprint density at radius 2 is 1.91 bits per heavy atom. The van der Waals surface area contributed by atoms with E-state index in [0.717, 1.165) is 16.2 Å². The first-order valence-corrected chi connectivity index (χ1v) is 10.6. The lowest BCUT2D eigenvalue weighted by Gasteiger charge is -2.10. The molecule has 2 aromatic carbocycles. The molecule has 0 fully saturated rings. The molecular formula is C25H20N4O4. The average molecular weight is 440 g/mol. The maximum atomic E-state index is 13.3. The molecule has 0 atom stereocenters. The van der Waals surface area contributed by atoms with Gasteiger partial charge < -0.3 is 19.2 Å². The van der Waals surface area contributed by atoms with Gasteiger partial charge >= 0.3 is 0 Å². The van der Waals surface area contributed by atoms with Gasteiger partial charge in [-0.25, -0.2) is 4.98 Å². The standard InChI is InChI=1S/C25H20N4O4/c1-12(2)29-24-18(11-26-29)21(23-22(28-24)16-6-4-14(30)10-20(16)33-23)17-9-13-8-15(32-3)5-7-19(13)27-25(17)31/h4-12,26H,1-3H3,(H,27,31). The summed E-state index contributed by atoms with van der Waals surface area (Å²) in [5.74, 6) is 0.691. The highest BCUT2D eigenvalue weighted by Crippen LogP contribution is 2.39. The Hall–Kier alpha value is -4.33. The van der Waals surface area contributed by atoms with Crippen LogP contribution in [0.4, 0.5) is 0 Å². The summed E-state index contributed by atoms with van der Waals surface area (Å²) in [4.78, 5) is 33.1. The molecule has 2 N–H and O–H groups in total. The number of hydrogen-bond donors (Lipinski definition) is 2. The number of benzene rings is 2. The second-order valence-electron chi connectivity index (χ2n) is 8.36. The van der Waals surface area contributed by atoms with Gasteiger partial charge in [0, 0.05) is 45.5 Å². The van der Waals surface area contributed by atoms with E-state index in [1.165, 1.54) is 12.1 Å². The van der Waals surface area contributed by atoms with Gasteiger partial charge in [0.2, 0.25) is 0 Å². The Balaban J connectivity index is 1.81. The van der Waals surface area contributed by atoms with Crippen molar-refractivity contribution in [3.63, 3.8) is 0 Å². The summed E-state index contributed by atoms with van der Waals surface area (Å²) in [5, 5.41) is 5.56. The molecule has 0 aliphatic rings. The molecule has 0 saturated heterocycles. The number of hydrogen-bond acceptors (Lipinski definition) is 5. The molecule has 0 aliphatic heterocycles. The lowest BCUT2D eigenvalue weighted by Crippen LogP contribution is -2.09. The maximum absolute atomic E-state index is 13.3. The SMILES string of the molecule is COc1ccc2[nH]c(=O)c(-c3c4c[nH]n(C(C)C)c4nc4c3oc3cc(=O)ccc34)cc2c1. The van der Waals surface area contributed by atoms with E-state index in [4.69, 9.17) is 14.1 Å². The maximum Gasteiger partial charge on any atom is 0.256 e. The van der Waals surface area contributed by atoms with Crippen LogP contribution in [0.15, 0.2) is 62.7 Å². The van der Waals surface area contributed by atoms with Crippen LogP contribution in [-0.4, -0.2) is 26.9 Å². The van der Waals surface area contributed by atoms with E-state index in [-0.39, 0.29) is 17.0 Å². The molecule has 0 amide bonds. The van der Waals surface area contributed by atoms with Crippen molar-refractivity contribution in [3.8, 4) is 16.9 Å². The minimum absolute atomic E-state index is 0.117. The summed E-state index contributed by atoms with van der Waals surface area (Å²) in [7, 11) is 1.60. The molecule has 4 heterocycles. The van der Waals surface area contributed by atoms with Gasteiger partial charge in [0.05, 0.1) is 12.7 Å². The summed E-state index contributed by atoms with van der Waals surface area (Å²) < 4.78 is 13.4. The van der Waals surface area contributed by atoms with Gasteiger partial charge in [-0.3, -0.25) is 14.3 Å². The van der Waals surface area contributed by atoms with E-state index in [1.807, 2.05) is 42.9 Å². The Kier molecular flexibility index (Phi) is 4.01. The molecule has 33 heavy (non-hydrogen) atoms. The Morgan fingerprint density at radius 1 is 1.06 bits per heavy atom. The van der Waals surface area contributed by atoms with Gasteiger partial charge in [-0.05, 0) is 50.2 Å². The lowest BCUT2D eigenvalue weighted by molar-refractivity contribution is 0.415. The molecule has 8 nitrogen and oxygen atoms in total. The largest absolute Gasteiger partial charge is 0.497 e. The number of fused-ring (bicyclic) bond motifs is 5. The number of nitrogens with one attached hydrogen (secondary N) is 2. The highest BCUT2D eigenvalue weighted by molar-refractivity contribution is 6.14. The zero-order valence-electron chi connectivity index (χ0n) is 18.2. The number of pyridine rings is 2. The predicted molar refractivity (Wildman–Crippen MR) is 128 cm³/mol. The first-order valence-electron chi connectivity index (χ1n) is 10.6. The fraction of sp³-hybridized carbons (Fsp3) is 0.160. The number of furan rings is 1. The number of aromatic amines is 2. The Labute approximate surface area is 186 Å². The normalized spacial score (nSPS) is 12.0. The van der Waals surface area contributed by atoms with Crippen LogP contribution < -0.4 is 15.7 Å². The van der Waals surface area contributed by atoms with Gasteiger partial charge in [-0.2, -0.15) is 0 Å². The molecule has 0 bridgehead atoms. The monoisotopic (exact) mass is 440 g/mol. The first kappa shape index (κ1) is 19.4. The molecular weight excluding hydrogens is 420 g/mol. The fourth-order valence-electron chi connectivity index (χ4n) is 4.42. The van der Waals surface area contributed by atoms with Gasteiger partial charge in [0.25, 0.3) is 5.56 Å². The van der Waals surface area contributed by atoms with Crippen molar-refractivity contribution < 1.29 is 9.15 Å². The van der Waals surface area contributed by atoms with E-state index in [1.54, 1.807) is 19.2 Å². The van der Waals surface area contributed by atoms with Crippen LogP contribution in [0, 0.1) is 0 Å². The second-order valence-corrected chi connectivity index (χ2v) is 8.36. The molecule has 8 heteroatoms. The van der Waals surface area contributed by atoms with E-state index in [9.17, 15) is 9.59 Å². The van der Waals surface area contributed by atoms with E-state index < -0.39 is 0 Å². The van der Waals surface area contributed by atoms with Crippen LogP contribution in [0.5, 0.6) is 5.75 Å². The smallest absolute Gasteiger partial charge is 0.256 e. The quantitative estimate of drug-likeness (QED) is 0.414. The number of methoxy groups -OCH3 is 1. The zero-order valence-corrected chi connectivity index (χ0v) is 18.2. The number of ether oxygens (including phenoxy) is 1. The Morgan fingerprint density at radius 3 is 2.70 bits per heavy atom. The second kappa shape index (κ2) is 6.83. The van der Waals surface area contributed by atoms with Crippen LogP contribution in [0.1, 0.15) is 19.9 Å². The number of H-pyrrole nitrogens is 2. The van der Waals surface area contributed by atoms with Crippen molar-refractivity contribution in [2.75, 3.05) is 7.11 Å². The van der Waals surface area contributed by atoms with Crippen LogP contribution in [0.2, 0.25) is 0 Å². The lowest BCUT2D eigenvalue weighted by atomic mass is 10.0. The summed E-state index contributed by atoms with van der Waals surface area (Å²) in [6, 6.07) is 12.1. The van der Waals surface area contributed by atoms with Gasteiger partial charge in [0.1, 0.15) is 16.8 Å². The summed E-state index contributed by atoms with van der Waals surface area (Å²) in [5.41, 5.74) is 3.59. The van der Waals surface area contributed by atoms with E-state index in [0.29, 0.717) is 44.7 Å². The van der Waals surface area contributed by atoms with Crippen molar-refractivity contribution in [2.45, 2.75) is 19.9 Å². The van der Waals surface area contributed by atoms with Crippen molar-refractivity contribution in [1.82, 2.24) is 19.7 Å². The number of nitrogens with zero attached hydrogens (tertiary/aromatic N) is 2. The summed E-state index contributed by atoms with van der Waals surface area (Å²) in [6.07, 6.45) is 1.83. The first-order chi connectivity index (χ1) is 15.9. The number of rotatable bonds is 3. The minimum atomic E-state index is -0.247. The third-order valence-corrected chi connectivity index (χ3v) is 6.00. The van der Waals surface area contributed by atoms with Crippen LogP contribution in [0.3, 0.4) is 0 Å². The molecule has 164 valence electrons. The molecule has 6 rings (SSSR count). The molecule has 0 spiro atoms. The molecule has 0 aliphatic carbocycles. The van der Waals surface area contributed by atoms with Crippen molar-refractivity contribution in [2.24, 2.45) is 0 Å². The average Bonchev–Trinajstić information content (AvgIpc) is 3.37. The highest BCUT2D eigenvalue weighted by Gasteiger charge is 2.23. The summed E-state index contributed by atoms with van der Waals surface area (Å²) in [6.45, 7) is 4.10. The van der Waals surface area contributed by atoms with Crippen molar-refractivity contribution >= 4 is 44.0 Å². The Bertz CT molecular complexity index is 1840. The predicted octanol–water partition coefficient (Wildman–Crippen LogP) is 4.72. The van der Waals surface area contributed by atoms with E-state index >= 15 is 0 Å². The van der Waals surface area contributed by atoms with Crippen LogP contribution >= 0.6 is 0 Å². The molecule has 6 aromatic rings. The molecule has 4 aromatic heterocycles. The van der Waals surface area contributed by atoms with Gasteiger partial charge in [-0.15, -0.1) is 0 Å². The third-order valence-electron chi connectivity index (χ3n) is 6.00. The van der Waals surface area contributed by atoms with Crippen LogP contribution in [0.25, 0.3) is 55.1 Å². The number of aromatic nitrogens is 4. The topological polar surface area (TPSA) is 106 Å². The zero-order chi connectivity index (χ0) is 22.9. The minimum Gasteiger partial charge on any atom is -0.497 e. The fourth-order valence-corrected chi connectivity index (χ4v) is 4.42. The van der Waals surface area contributed by atoms with Gasteiger partial charge in [0.15, 0.2) is 16.7 Å². The molecule has 0 radical (unpaired) electrons. The molecule has 0 unspecified atom stereocenters. The van der Waals surface area contributed by atoms with Gasteiger partial charge in [-0.1, -0.05) is 0 Å². The van der Waals surface area contributed by atoms with Crippen molar-refractivity contribution in [3.05, 3.63) is 69.2 Å². The van der Waals surface area contributed by atoms with E-state index in [2.05, 4.69) is 10.1 Å². The third kappa shape index (κ3) is 2.80. The van der Waals surface area contributed by atoms with Crippen molar-refractivity contribution in [1.29, 1.82) is 0 Å². The summed E-state index contributed by atoms with van der Waals surface area (Å²) >= 11 is 0. The van der Waals surface area contributed by atoms with Crippen LogP contribution in [-0.2, 0) is 0 Å².